The Hall–Kier alpha value is -0.830. The second-order valence-electron chi connectivity index (χ2n) is 3.09. The van der Waals surface area contributed by atoms with Gasteiger partial charge in [0.25, 0.3) is 0 Å². The van der Waals surface area contributed by atoms with Gasteiger partial charge in [-0.3, -0.25) is 0 Å². The van der Waals surface area contributed by atoms with E-state index in [0.29, 0.717) is 10.3 Å². The first-order valence-corrected chi connectivity index (χ1v) is 4.26. The first-order chi connectivity index (χ1) is 5.52. The molecule has 0 saturated carbocycles. The first-order valence-electron chi connectivity index (χ1n) is 3.86. The van der Waals surface area contributed by atoms with E-state index >= 15 is 0 Å². The van der Waals surface area contributed by atoms with E-state index in [0.717, 1.165) is 5.76 Å². The third-order valence-corrected chi connectivity index (χ3v) is 1.91. The van der Waals surface area contributed by atoms with Gasteiger partial charge in [0.05, 0.1) is 4.51 Å². The Labute approximate surface area is 76.8 Å². The zero-order valence-corrected chi connectivity index (χ0v) is 8.23. The normalized spacial score (nSPS) is 10.7. The molecule has 0 aliphatic heterocycles. The lowest BCUT2D eigenvalue weighted by molar-refractivity contribution is 0.379. The summed E-state index contributed by atoms with van der Waals surface area (Å²) in [7, 11) is 0. The van der Waals surface area contributed by atoms with Crippen molar-refractivity contribution in [1.29, 1.82) is 0 Å². The summed E-state index contributed by atoms with van der Waals surface area (Å²) in [5, 5.41) is 9.49. The zero-order valence-electron chi connectivity index (χ0n) is 7.42. The molecular weight excluding hydrogens is 172 g/mol. The molecule has 0 atom stereocenters. The Kier molecular flexibility index (Phi) is 2.52. The van der Waals surface area contributed by atoms with E-state index < -0.39 is 0 Å². The van der Waals surface area contributed by atoms with Gasteiger partial charge < -0.3 is 9.52 Å². The van der Waals surface area contributed by atoms with Gasteiger partial charge in [0.1, 0.15) is 11.5 Å². The van der Waals surface area contributed by atoms with Gasteiger partial charge in [0.2, 0.25) is 0 Å². The van der Waals surface area contributed by atoms with Crippen LogP contribution in [0.15, 0.2) is 10.5 Å². The average Bonchev–Trinajstić information content (AvgIpc) is 1.96. The maximum Gasteiger partial charge on any atom is 0.172 e. The molecule has 0 bridgehead atoms. The molecule has 66 valence electrons. The van der Waals surface area contributed by atoms with Gasteiger partial charge in [-0.1, -0.05) is 26.1 Å². The molecule has 2 nitrogen and oxygen atoms in total. The fraction of sp³-hybridized carbons (Fsp3) is 0.444. The van der Waals surface area contributed by atoms with Crippen molar-refractivity contribution in [1.82, 2.24) is 0 Å². The number of aromatic hydroxyl groups is 1. The van der Waals surface area contributed by atoms with E-state index in [9.17, 15) is 5.11 Å². The molecule has 0 aliphatic rings. The summed E-state index contributed by atoms with van der Waals surface area (Å²) in [4.78, 5) is 0. The van der Waals surface area contributed by atoms with E-state index in [-0.39, 0.29) is 11.7 Å². The van der Waals surface area contributed by atoms with Crippen LogP contribution in [0, 0.1) is 11.4 Å². The van der Waals surface area contributed by atoms with E-state index in [1.54, 1.807) is 6.07 Å². The van der Waals surface area contributed by atoms with Crippen LogP contribution in [-0.2, 0) is 0 Å². The highest BCUT2D eigenvalue weighted by molar-refractivity contribution is 7.71. The Balaban J connectivity index is 3.38. The van der Waals surface area contributed by atoms with Crippen molar-refractivity contribution in [3.63, 3.8) is 0 Å². The van der Waals surface area contributed by atoms with Crippen molar-refractivity contribution >= 4 is 12.2 Å². The second-order valence-corrected chi connectivity index (χ2v) is 3.53. The molecule has 0 aromatic carbocycles. The third kappa shape index (κ3) is 1.67. The molecule has 1 N–H and O–H groups in total. The standard InChI is InChI=1S/C9H12O2S/c1-5(2)9-8(10)7(12)4-6(3)11-9/h4-5,10H,1-3H3. The average molecular weight is 184 g/mol. The summed E-state index contributed by atoms with van der Waals surface area (Å²) in [5.41, 5.74) is 0. The number of hydrogen-bond donors (Lipinski definition) is 1. The molecule has 1 rings (SSSR count). The lowest BCUT2D eigenvalue weighted by Crippen LogP contribution is -1.89. The second kappa shape index (κ2) is 3.27. The third-order valence-electron chi connectivity index (χ3n) is 1.60. The fourth-order valence-corrected chi connectivity index (χ4v) is 1.28. The zero-order chi connectivity index (χ0) is 9.30. The molecule has 1 heterocycles. The van der Waals surface area contributed by atoms with Gasteiger partial charge in [-0.25, -0.2) is 0 Å². The van der Waals surface area contributed by atoms with E-state index in [2.05, 4.69) is 0 Å². The Morgan fingerprint density at radius 1 is 1.50 bits per heavy atom. The summed E-state index contributed by atoms with van der Waals surface area (Å²) in [6, 6.07) is 1.65. The lowest BCUT2D eigenvalue weighted by Gasteiger charge is -2.07. The molecule has 1 aromatic heterocycles. The van der Waals surface area contributed by atoms with Crippen molar-refractivity contribution in [2.24, 2.45) is 0 Å². The minimum atomic E-state index is 0.102. The van der Waals surface area contributed by atoms with Crippen molar-refractivity contribution in [2.45, 2.75) is 26.7 Å². The number of rotatable bonds is 1. The predicted molar refractivity (Wildman–Crippen MR) is 50.0 cm³/mol. The summed E-state index contributed by atoms with van der Waals surface area (Å²) < 4.78 is 5.79. The molecule has 0 aliphatic carbocycles. The van der Waals surface area contributed by atoms with Crippen LogP contribution in [0.3, 0.4) is 0 Å². The van der Waals surface area contributed by atoms with Crippen LogP contribution in [0.2, 0.25) is 0 Å². The van der Waals surface area contributed by atoms with Gasteiger partial charge >= 0.3 is 0 Å². The molecular formula is C9H12O2S. The minimum absolute atomic E-state index is 0.102. The quantitative estimate of drug-likeness (QED) is 0.681. The largest absolute Gasteiger partial charge is 0.503 e. The van der Waals surface area contributed by atoms with Gasteiger partial charge in [0.15, 0.2) is 5.75 Å². The van der Waals surface area contributed by atoms with Crippen molar-refractivity contribution in [3.05, 3.63) is 22.1 Å². The molecule has 0 fully saturated rings. The monoisotopic (exact) mass is 184 g/mol. The van der Waals surface area contributed by atoms with Crippen LogP contribution in [0.25, 0.3) is 0 Å². The van der Waals surface area contributed by atoms with Crippen molar-refractivity contribution in [3.8, 4) is 5.75 Å². The molecule has 0 amide bonds. The fourth-order valence-electron chi connectivity index (χ4n) is 1.02. The smallest absolute Gasteiger partial charge is 0.172 e. The van der Waals surface area contributed by atoms with Crippen LogP contribution in [0.5, 0.6) is 5.75 Å². The van der Waals surface area contributed by atoms with E-state index in [1.807, 2.05) is 20.8 Å². The van der Waals surface area contributed by atoms with Crippen LogP contribution in [-0.4, -0.2) is 5.11 Å². The molecule has 12 heavy (non-hydrogen) atoms. The van der Waals surface area contributed by atoms with Crippen LogP contribution in [0.4, 0.5) is 0 Å². The maximum absolute atomic E-state index is 9.49. The SMILES string of the molecule is Cc1cc(=S)c(O)c(C(C)C)o1. The van der Waals surface area contributed by atoms with Crippen molar-refractivity contribution < 1.29 is 9.52 Å². The Morgan fingerprint density at radius 3 is 2.58 bits per heavy atom. The molecule has 0 radical (unpaired) electrons. The van der Waals surface area contributed by atoms with Crippen LogP contribution < -0.4 is 0 Å². The Morgan fingerprint density at radius 2 is 2.08 bits per heavy atom. The van der Waals surface area contributed by atoms with Crippen LogP contribution in [0.1, 0.15) is 31.3 Å². The molecule has 1 aromatic rings. The highest BCUT2D eigenvalue weighted by atomic mass is 32.1. The summed E-state index contributed by atoms with van der Waals surface area (Å²) >= 11 is 4.94. The predicted octanol–water partition coefficient (Wildman–Crippen LogP) is 3.15. The minimum Gasteiger partial charge on any atom is -0.503 e. The van der Waals surface area contributed by atoms with Gasteiger partial charge in [-0.15, -0.1) is 0 Å². The lowest BCUT2D eigenvalue weighted by atomic mass is 10.1. The molecule has 0 spiro atoms. The first kappa shape index (κ1) is 9.26. The highest BCUT2D eigenvalue weighted by Gasteiger charge is 2.10. The molecule has 0 unspecified atom stereocenters. The van der Waals surface area contributed by atoms with Gasteiger partial charge in [0, 0.05) is 5.92 Å². The highest BCUT2D eigenvalue weighted by Crippen LogP contribution is 2.27. The number of hydrogen-bond acceptors (Lipinski definition) is 3. The Bertz CT molecular complexity index is 339. The summed E-state index contributed by atoms with van der Waals surface area (Å²) in [5.74, 6) is 1.57. The van der Waals surface area contributed by atoms with Crippen LogP contribution >= 0.6 is 12.2 Å². The van der Waals surface area contributed by atoms with E-state index in [1.165, 1.54) is 0 Å². The van der Waals surface area contributed by atoms with Gasteiger partial charge in [-0.2, -0.15) is 0 Å². The van der Waals surface area contributed by atoms with Crippen molar-refractivity contribution in [2.75, 3.05) is 0 Å². The summed E-state index contributed by atoms with van der Waals surface area (Å²) in [6.07, 6.45) is 0. The van der Waals surface area contributed by atoms with Gasteiger partial charge in [-0.05, 0) is 13.0 Å². The van der Waals surface area contributed by atoms with E-state index in [4.69, 9.17) is 16.6 Å². The molecule has 3 heteroatoms. The maximum atomic E-state index is 9.49. The molecule has 0 saturated heterocycles. The topological polar surface area (TPSA) is 33.4 Å². The summed E-state index contributed by atoms with van der Waals surface area (Å²) in [6.45, 7) is 5.72. The number of aryl methyl sites for hydroxylation is 1.